The van der Waals surface area contributed by atoms with E-state index in [1.807, 2.05) is 0 Å². The number of phenols is 2. The summed E-state index contributed by atoms with van der Waals surface area (Å²) >= 11 is 0. The minimum atomic E-state index is -1.90. The average Bonchev–Trinajstić information content (AvgIpc) is 3.40. The first-order valence-electron chi connectivity index (χ1n) is 25.0. The summed E-state index contributed by atoms with van der Waals surface area (Å²) in [5.41, 5.74) is 7.30. The van der Waals surface area contributed by atoms with Crippen LogP contribution in [0.25, 0.3) is 0 Å². The summed E-state index contributed by atoms with van der Waals surface area (Å²) in [6.45, 7) is 3.09. The molecular formula is C52H70N10O17. The number of carbonyl (C=O) groups is 11. The summed E-state index contributed by atoms with van der Waals surface area (Å²) < 4.78 is 0. The van der Waals surface area contributed by atoms with Crippen LogP contribution in [0, 0.1) is 11.8 Å². The summed E-state index contributed by atoms with van der Waals surface area (Å²) in [7, 11) is 0. The normalized spacial score (nSPS) is 14.0. The Morgan fingerprint density at radius 3 is 1.32 bits per heavy atom. The highest BCUT2D eigenvalue weighted by atomic mass is 16.4. The maximum atomic E-state index is 14.1. The summed E-state index contributed by atoms with van der Waals surface area (Å²) in [5.74, 6) is -12.9. The van der Waals surface area contributed by atoms with E-state index in [0.717, 1.165) is 0 Å². The van der Waals surface area contributed by atoms with Gasteiger partial charge in [-0.25, -0.2) is 4.79 Å². The number of hydrogen-bond acceptors (Lipinski definition) is 16. The molecule has 0 radical (unpaired) electrons. The Balaban J connectivity index is 1.72. The SMILES string of the molecule is CC(C)C[C@H](N)C(=O)N[C@@H](CO)C(=O)N[C@@H](CC(=O)O)C(=O)N[C@@H](Cc1ccc(O)cc1)C(=O)N[C@H](C(=O)N[C@@H](CO)C(=O)NCC(=O)N[C@@H](Cc1ccccc1)C(=O)NCC(=O)N[C@@H](Cc1ccc(O)cc1)C(=O)O)C(C)C. The molecule has 3 aromatic carbocycles. The Morgan fingerprint density at radius 2 is 0.848 bits per heavy atom. The van der Waals surface area contributed by atoms with Crippen LogP contribution in [0.5, 0.6) is 11.5 Å². The van der Waals surface area contributed by atoms with Gasteiger partial charge in [0.2, 0.25) is 53.2 Å². The number of benzene rings is 3. The van der Waals surface area contributed by atoms with Crippen LogP contribution in [-0.2, 0) is 72.0 Å². The van der Waals surface area contributed by atoms with Crippen LogP contribution in [0.3, 0.4) is 0 Å². The molecule has 0 aliphatic carbocycles. The molecule has 17 N–H and O–H groups in total. The van der Waals surface area contributed by atoms with Gasteiger partial charge in [-0.2, -0.15) is 0 Å². The number of aromatic hydroxyl groups is 2. The van der Waals surface area contributed by atoms with Crippen LogP contribution in [0.1, 0.15) is 57.2 Å². The summed E-state index contributed by atoms with van der Waals surface area (Å²) in [6, 6.07) is 7.08. The highest BCUT2D eigenvalue weighted by molar-refractivity contribution is 5.98. The van der Waals surface area contributed by atoms with Crippen LogP contribution < -0.4 is 53.6 Å². The molecule has 0 spiro atoms. The number of carboxylic acids is 2. The van der Waals surface area contributed by atoms with Crippen molar-refractivity contribution < 1.29 is 83.4 Å². The molecule has 79 heavy (non-hydrogen) atoms. The summed E-state index contributed by atoms with van der Waals surface area (Å²) in [5, 5.41) is 79.8. The van der Waals surface area contributed by atoms with Crippen molar-refractivity contribution in [2.75, 3.05) is 26.3 Å². The second-order valence-corrected chi connectivity index (χ2v) is 19.1. The predicted molar refractivity (Wildman–Crippen MR) is 280 cm³/mol. The number of carbonyl (C=O) groups excluding carboxylic acids is 9. The molecule has 8 atom stereocenters. The maximum absolute atomic E-state index is 14.1. The zero-order valence-electron chi connectivity index (χ0n) is 43.9. The first kappa shape index (κ1) is 64.6. The monoisotopic (exact) mass is 1110 g/mol. The number of nitrogens with two attached hydrogens (primary N) is 1. The Kier molecular flexibility index (Phi) is 26.3. The van der Waals surface area contributed by atoms with E-state index in [2.05, 4.69) is 47.9 Å². The molecular weight excluding hydrogens is 1040 g/mol. The van der Waals surface area contributed by atoms with Gasteiger partial charge in [0.25, 0.3) is 0 Å². The van der Waals surface area contributed by atoms with E-state index >= 15 is 0 Å². The van der Waals surface area contributed by atoms with Gasteiger partial charge in [-0.05, 0) is 59.2 Å². The van der Waals surface area contributed by atoms with E-state index in [1.54, 1.807) is 44.2 Å². The fourth-order valence-corrected chi connectivity index (χ4v) is 7.54. The number of phenolic OH excluding ortho intramolecular Hbond substituents is 2. The third-order valence-electron chi connectivity index (χ3n) is 11.8. The predicted octanol–water partition coefficient (Wildman–Crippen LogP) is -3.68. The number of rotatable bonds is 32. The van der Waals surface area contributed by atoms with E-state index in [9.17, 15) is 83.4 Å². The summed E-state index contributed by atoms with van der Waals surface area (Å²) in [4.78, 5) is 144. The Labute approximate surface area is 454 Å². The molecule has 430 valence electrons. The van der Waals surface area contributed by atoms with Crippen molar-refractivity contribution >= 4 is 65.1 Å². The minimum Gasteiger partial charge on any atom is -0.508 e. The lowest BCUT2D eigenvalue weighted by Crippen LogP contribution is -2.61. The third kappa shape index (κ3) is 22.8. The lowest BCUT2D eigenvalue weighted by atomic mass is 10.00. The van der Waals surface area contributed by atoms with Crippen LogP contribution in [0.4, 0.5) is 0 Å². The highest BCUT2D eigenvalue weighted by Crippen LogP contribution is 2.14. The molecule has 0 heterocycles. The number of amides is 9. The van der Waals surface area contributed by atoms with Crippen molar-refractivity contribution in [3.63, 3.8) is 0 Å². The third-order valence-corrected chi connectivity index (χ3v) is 11.8. The second kappa shape index (κ2) is 32.1. The van der Waals surface area contributed by atoms with Crippen molar-refractivity contribution in [1.29, 1.82) is 0 Å². The number of aliphatic hydroxyl groups is 2. The quantitative estimate of drug-likeness (QED) is 0.0286. The topological polar surface area (TPSA) is 443 Å². The van der Waals surface area contributed by atoms with Crippen LogP contribution in [-0.4, -0.2) is 170 Å². The van der Waals surface area contributed by atoms with Crippen molar-refractivity contribution in [2.45, 2.75) is 108 Å². The van der Waals surface area contributed by atoms with Crippen LogP contribution in [0.2, 0.25) is 0 Å². The first-order valence-corrected chi connectivity index (χ1v) is 25.0. The Bertz CT molecular complexity index is 2590. The molecule has 0 aliphatic heterocycles. The molecule has 27 nitrogen and oxygen atoms in total. The molecule has 0 aliphatic rings. The fourth-order valence-electron chi connectivity index (χ4n) is 7.54. The standard InChI is InChI=1S/C52H70N10O17/c1-27(2)18-34(53)45(71)60-40(26-64)50(76)59-37(22-43(69)70)48(74)58-36(20-30-10-14-32(65)15-11-30)49(75)62-44(28(3)4)51(77)61-39(25-63)47(73)55-23-41(67)56-35(19-29-8-6-5-7-9-29)46(72)54-24-42(68)57-38(52(78)79)21-31-12-16-33(66)17-13-31/h5-17,27-28,34-40,44,63-66H,18-26,53H2,1-4H3,(H,54,72)(H,55,73)(H,56,67)(H,57,68)(H,58,74)(H,59,76)(H,60,71)(H,61,77)(H,62,75)(H,69,70)(H,78,79)/t34-,35-,36-,37-,38-,39-,40-,44-/m0/s1. The fraction of sp³-hybridized carbons (Fsp3) is 0.442. The van der Waals surface area contributed by atoms with Gasteiger partial charge in [-0.1, -0.05) is 82.3 Å². The van der Waals surface area contributed by atoms with Crippen molar-refractivity contribution in [3.05, 3.63) is 95.6 Å². The number of aliphatic carboxylic acids is 2. The minimum absolute atomic E-state index is 0.00996. The van der Waals surface area contributed by atoms with Gasteiger partial charge in [0, 0.05) is 19.3 Å². The lowest BCUT2D eigenvalue weighted by Gasteiger charge is -2.28. The molecule has 9 amide bonds. The number of carboxylic acid groups (broad SMARTS) is 2. The number of aliphatic hydroxyl groups excluding tert-OH is 2. The zero-order valence-corrected chi connectivity index (χ0v) is 43.9. The molecule has 3 aromatic rings. The lowest BCUT2D eigenvalue weighted by molar-refractivity contribution is -0.142. The highest BCUT2D eigenvalue weighted by Gasteiger charge is 2.35. The number of hydrogen-bond donors (Lipinski definition) is 16. The van der Waals surface area contributed by atoms with E-state index in [4.69, 9.17) is 5.73 Å². The van der Waals surface area contributed by atoms with Gasteiger partial charge >= 0.3 is 11.9 Å². The van der Waals surface area contributed by atoms with Gasteiger partial charge in [0.15, 0.2) is 0 Å². The van der Waals surface area contributed by atoms with E-state index in [-0.39, 0.29) is 43.1 Å². The van der Waals surface area contributed by atoms with Gasteiger partial charge in [0.1, 0.15) is 53.8 Å². The van der Waals surface area contributed by atoms with E-state index in [0.29, 0.717) is 16.7 Å². The molecule has 0 bridgehead atoms. The van der Waals surface area contributed by atoms with Gasteiger partial charge in [-0.3, -0.25) is 47.9 Å². The molecule has 3 rings (SSSR count). The van der Waals surface area contributed by atoms with Crippen LogP contribution >= 0.6 is 0 Å². The Hall–Kier alpha value is -8.69. The molecule has 27 heteroatoms. The van der Waals surface area contributed by atoms with Crippen LogP contribution in [0.15, 0.2) is 78.9 Å². The van der Waals surface area contributed by atoms with Gasteiger partial charge in [-0.15, -0.1) is 0 Å². The average molecular weight is 1110 g/mol. The van der Waals surface area contributed by atoms with Crippen molar-refractivity contribution in [2.24, 2.45) is 17.6 Å². The second-order valence-electron chi connectivity index (χ2n) is 19.1. The largest absolute Gasteiger partial charge is 0.508 e. The molecule has 0 saturated heterocycles. The number of nitrogens with one attached hydrogen (secondary N) is 9. The maximum Gasteiger partial charge on any atom is 0.326 e. The van der Waals surface area contributed by atoms with Gasteiger partial charge < -0.3 is 84.2 Å². The smallest absolute Gasteiger partial charge is 0.326 e. The molecule has 0 saturated carbocycles. The molecule has 0 fully saturated rings. The zero-order chi connectivity index (χ0) is 58.9. The Morgan fingerprint density at radius 1 is 0.456 bits per heavy atom. The summed E-state index contributed by atoms with van der Waals surface area (Å²) in [6.07, 6.45) is -1.42. The molecule has 0 aromatic heterocycles. The van der Waals surface area contributed by atoms with Crippen molar-refractivity contribution in [3.8, 4) is 11.5 Å². The van der Waals surface area contributed by atoms with Gasteiger partial charge in [0.05, 0.1) is 38.8 Å². The van der Waals surface area contributed by atoms with E-state index < -0.39 is 152 Å². The van der Waals surface area contributed by atoms with E-state index in [1.165, 1.54) is 62.4 Å². The first-order chi connectivity index (χ1) is 37.3. The van der Waals surface area contributed by atoms with Crippen molar-refractivity contribution in [1.82, 2.24) is 47.9 Å². The molecule has 0 unspecified atom stereocenters.